The quantitative estimate of drug-likeness (QED) is 0.702. The number of amides is 1. The topological polar surface area (TPSA) is 67.2 Å². The van der Waals surface area contributed by atoms with Crippen LogP contribution in [0.2, 0.25) is 0 Å². The van der Waals surface area contributed by atoms with Crippen LogP contribution < -0.4 is 16.4 Å². The molecule has 0 bridgehead atoms. The number of thiocarbonyl (C=S) groups is 1. The molecule has 17 heavy (non-hydrogen) atoms. The number of hydrogen-bond acceptors (Lipinski definition) is 3. The van der Waals surface area contributed by atoms with Crippen molar-refractivity contribution in [2.75, 3.05) is 12.4 Å². The first-order valence-corrected chi connectivity index (χ1v) is 5.44. The van der Waals surface area contributed by atoms with Crippen LogP contribution in [0.15, 0.2) is 18.2 Å². The van der Waals surface area contributed by atoms with Crippen LogP contribution in [0.3, 0.4) is 0 Å². The molecule has 1 aromatic carbocycles. The monoisotopic (exact) mass is 255 g/mol. The van der Waals surface area contributed by atoms with Crippen molar-refractivity contribution in [2.45, 2.75) is 13.0 Å². The summed E-state index contributed by atoms with van der Waals surface area (Å²) in [4.78, 5) is 11.4. The van der Waals surface area contributed by atoms with Gasteiger partial charge in [-0.15, -0.1) is 0 Å². The van der Waals surface area contributed by atoms with E-state index in [4.69, 9.17) is 18.0 Å². The third-order valence-corrected chi connectivity index (χ3v) is 2.48. The van der Waals surface area contributed by atoms with Crippen molar-refractivity contribution in [3.8, 4) is 0 Å². The van der Waals surface area contributed by atoms with Gasteiger partial charge in [-0.25, -0.2) is 4.39 Å². The predicted octanol–water partition coefficient (Wildman–Crippen LogP) is 1.01. The predicted molar refractivity (Wildman–Crippen MR) is 69.4 cm³/mol. The first kappa shape index (κ1) is 13.4. The van der Waals surface area contributed by atoms with Gasteiger partial charge in [-0.1, -0.05) is 12.2 Å². The maximum absolute atomic E-state index is 13.0. The number of anilines is 1. The van der Waals surface area contributed by atoms with Crippen LogP contribution in [0, 0.1) is 5.82 Å². The lowest BCUT2D eigenvalue weighted by Gasteiger charge is -2.16. The van der Waals surface area contributed by atoms with E-state index in [-0.39, 0.29) is 10.9 Å². The van der Waals surface area contributed by atoms with Crippen LogP contribution in [0.4, 0.5) is 10.1 Å². The van der Waals surface area contributed by atoms with Crippen molar-refractivity contribution in [1.82, 2.24) is 5.32 Å². The van der Waals surface area contributed by atoms with E-state index < -0.39 is 11.9 Å². The second-order valence-corrected chi connectivity index (χ2v) is 3.97. The normalized spacial score (nSPS) is 11.7. The highest BCUT2D eigenvalue weighted by atomic mass is 32.1. The van der Waals surface area contributed by atoms with E-state index in [9.17, 15) is 9.18 Å². The van der Waals surface area contributed by atoms with Gasteiger partial charge in [0.1, 0.15) is 16.8 Å². The summed E-state index contributed by atoms with van der Waals surface area (Å²) in [6.45, 7) is 1.69. The Balaban J connectivity index is 2.98. The number of benzene rings is 1. The summed E-state index contributed by atoms with van der Waals surface area (Å²) < 4.78 is 13.0. The molecule has 1 atom stereocenters. The van der Waals surface area contributed by atoms with E-state index in [2.05, 4.69) is 10.6 Å². The average Bonchev–Trinajstić information content (AvgIpc) is 2.29. The first-order chi connectivity index (χ1) is 7.95. The molecule has 0 radical (unpaired) electrons. The molecule has 4 N–H and O–H groups in total. The Morgan fingerprint density at radius 3 is 2.71 bits per heavy atom. The van der Waals surface area contributed by atoms with Crippen LogP contribution >= 0.6 is 12.2 Å². The minimum absolute atomic E-state index is 0.0797. The zero-order chi connectivity index (χ0) is 13.0. The van der Waals surface area contributed by atoms with Crippen LogP contribution in [-0.2, 0) is 4.79 Å². The van der Waals surface area contributed by atoms with E-state index in [1.807, 2.05) is 0 Å². The summed E-state index contributed by atoms with van der Waals surface area (Å²) in [6, 6.07) is 3.56. The second kappa shape index (κ2) is 5.58. The van der Waals surface area contributed by atoms with Gasteiger partial charge in [0.05, 0.1) is 0 Å². The van der Waals surface area contributed by atoms with Gasteiger partial charge in [0.25, 0.3) is 0 Å². The minimum Gasteiger partial charge on any atom is -0.389 e. The molecule has 0 fully saturated rings. The molecule has 4 nitrogen and oxygen atoms in total. The second-order valence-electron chi connectivity index (χ2n) is 3.53. The average molecular weight is 255 g/mol. The van der Waals surface area contributed by atoms with E-state index in [1.165, 1.54) is 18.2 Å². The molecular weight excluding hydrogens is 241 g/mol. The molecule has 6 heteroatoms. The van der Waals surface area contributed by atoms with Crippen molar-refractivity contribution < 1.29 is 9.18 Å². The van der Waals surface area contributed by atoms with Gasteiger partial charge in [-0.2, -0.15) is 0 Å². The molecule has 0 saturated carbocycles. The highest BCUT2D eigenvalue weighted by Crippen LogP contribution is 2.18. The van der Waals surface area contributed by atoms with E-state index >= 15 is 0 Å². The third kappa shape index (κ3) is 3.39. The molecule has 0 heterocycles. The van der Waals surface area contributed by atoms with E-state index in [0.29, 0.717) is 11.3 Å². The summed E-state index contributed by atoms with van der Waals surface area (Å²) in [5.74, 6) is -0.603. The molecule has 0 aliphatic heterocycles. The van der Waals surface area contributed by atoms with Gasteiger partial charge in [0.15, 0.2) is 0 Å². The number of halogens is 1. The Labute approximate surface area is 104 Å². The van der Waals surface area contributed by atoms with Crippen LogP contribution in [0.1, 0.15) is 12.5 Å². The first-order valence-electron chi connectivity index (χ1n) is 5.03. The summed E-state index contributed by atoms with van der Waals surface area (Å²) in [5.41, 5.74) is 6.41. The molecule has 1 rings (SSSR count). The Morgan fingerprint density at radius 1 is 1.53 bits per heavy atom. The Morgan fingerprint density at radius 2 is 2.18 bits per heavy atom. The van der Waals surface area contributed by atoms with E-state index in [1.54, 1.807) is 14.0 Å². The van der Waals surface area contributed by atoms with Gasteiger partial charge in [0.2, 0.25) is 5.91 Å². The SMILES string of the molecule is CNC(=O)C(C)Nc1ccc(F)cc1C(N)=S. The van der Waals surface area contributed by atoms with Crippen molar-refractivity contribution in [3.05, 3.63) is 29.6 Å². The zero-order valence-electron chi connectivity index (χ0n) is 9.58. The van der Waals surface area contributed by atoms with Gasteiger partial charge < -0.3 is 16.4 Å². The standard InChI is InChI=1S/C11H14FN3OS/c1-6(11(16)14-2)15-9-4-3-7(12)5-8(9)10(13)17/h3-6,15H,1-2H3,(H2,13,17)(H,14,16). The number of hydrogen-bond donors (Lipinski definition) is 3. The lowest BCUT2D eigenvalue weighted by atomic mass is 10.1. The largest absolute Gasteiger partial charge is 0.389 e. The fraction of sp³-hybridized carbons (Fsp3) is 0.273. The number of carbonyl (C=O) groups is 1. The molecule has 0 aromatic heterocycles. The lowest BCUT2D eigenvalue weighted by Crippen LogP contribution is -2.35. The van der Waals surface area contributed by atoms with Crippen LogP contribution in [-0.4, -0.2) is 24.0 Å². The Hall–Kier alpha value is -1.69. The number of nitrogens with one attached hydrogen (secondary N) is 2. The number of nitrogens with two attached hydrogens (primary N) is 1. The zero-order valence-corrected chi connectivity index (χ0v) is 10.4. The summed E-state index contributed by atoms with van der Waals surface area (Å²) in [7, 11) is 1.54. The molecule has 1 aromatic rings. The van der Waals surface area contributed by atoms with Gasteiger partial charge in [-0.05, 0) is 25.1 Å². The molecule has 1 unspecified atom stereocenters. The summed E-state index contributed by atoms with van der Waals surface area (Å²) in [6.07, 6.45) is 0. The molecule has 0 saturated heterocycles. The molecular formula is C11H14FN3OS. The number of rotatable bonds is 4. The lowest BCUT2D eigenvalue weighted by molar-refractivity contribution is -0.121. The van der Waals surface area contributed by atoms with E-state index in [0.717, 1.165) is 0 Å². The van der Waals surface area contributed by atoms with Crippen molar-refractivity contribution in [3.63, 3.8) is 0 Å². The summed E-state index contributed by atoms with van der Waals surface area (Å²) >= 11 is 4.83. The molecule has 92 valence electrons. The van der Waals surface area contributed by atoms with Crippen molar-refractivity contribution >= 4 is 28.8 Å². The third-order valence-electron chi connectivity index (χ3n) is 2.26. The fourth-order valence-corrected chi connectivity index (χ4v) is 1.53. The Bertz CT molecular complexity index is 450. The molecule has 0 spiro atoms. The molecule has 1 amide bonds. The highest BCUT2D eigenvalue weighted by Gasteiger charge is 2.14. The summed E-state index contributed by atoms with van der Waals surface area (Å²) in [5, 5.41) is 5.43. The molecule has 0 aliphatic carbocycles. The number of carbonyl (C=O) groups excluding carboxylic acids is 1. The minimum atomic E-state index is -0.460. The van der Waals surface area contributed by atoms with Gasteiger partial charge in [0, 0.05) is 18.3 Å². The smallest absolute Gasteiger partial charge is 0.241 e. The maximum atomic E-state index is 13.0. The fourth-order valence-electron chi connectivity index (χ4n) is 1.36. The van der Waals surface area contributed by atoms with Crippen LogP contribution in [0.25, 0.3) is 0 Å². The van der Waals surface area contributed by atoms with Crippen LogP contribution in [0.5, 0.6) is 0 Å². The highest BCUT2D eigenvalue weighted by molar-refractivity contribution is 7.80. The maximum Gasteiger partial charge on any atom is 0.241 e. The van der Waals surface area contributed by atoms with Crippen molar-refractivity contribution in [2.24, 2.45) is 5.73 Å². The van der Waals surface area contributed by atoms with Gasteiger partial charge >= 0.3 is 0 Å². The van der Waals surface area contributed by atoms with Crippen molar-refractivity contribution in [1.29, 1.82) is 0 Å². The number of likely N-dealkylation sites (N-methyl/N-ethyl adjacent to an activating group) is 1. The molecule has 0 aliphatic rings. The Kier molecular flexibility index (Phi) is 4.39. The van der Waals surface area contributed by atoms with Gasteiger partial charge in [-0.3, -0.25) is 4.79 Å².